The first kappa shape index (κ1) is 14.6. The fourth-order valence-corrected chi connectivity index (χ4v) is 2.63. The SMILES string of the molecule is O=C(Nc1ccc2ncc(-c3cn[nH]c3)cc2n1)NC1CCOC1. The summed E-state index contributed by atoms with van der Waals surface area (Å²) in [6.07, 6.45) is 6.12. The lowest BCUT2D eigenvalue weighted by molar-refractivity contribution is 0.189. The van der Waals surface area contributed by atoms with Gasteiger partial charge in [-0.2, -0.15) is 5.10 Å². The Morgan fingerprint density at radius 3 is 3.00 bits per heavy atom. The van der Waals surface area contributed by atoms with Crippen LogP contribution in [0.4, 0.5) is 10.6 Å². The van der Waals surface area contributed by atoms with Crippen LogP contribution in [0.1, 0.15) is 6.42 Å². The van der Waals surface area contributed by atoms with Gasteiger partial charge in [0.2, 0.25) is 0 Å². The third-order valence-corrected chi connectivity index (χ3v) is 3.88. The largest absolute Gasteiger partial charge is 0.379 e. The summed E-state index contributed by atoms with van der Waals surface area (Å²) >= 11 is 0. The maximum absolute atomic E-state index is 12.0. The number of hydrogen-bond acceptors (Lipinski definition) is 5. The topological polar surface area (TPSA) is 105 Å². The number of carbonyl (C=O) groups excluding carboxylic acids is 1. The molecule has 3 N–H and O–H groups in total. The van der Waals surface area contributed by atoms with Gasteiger partial charge < -0.3 is 10.1 Å². The van der Waals surface area contributed by atoms with Crippen molar-refractivity contribution < 1.29 is 9.53 Å². The molecule has 1 atom stereocenters. The molecule has 3 aromatic rings. The number of rotatable bonds is 3. The van der Waals surface area contributed by atoms with E-state index in [2.05, 4.69) is 30.8 Å². The number of hydrogen-bond donors (Lipinski definition) is 3. The first-order valence-corrected chi connectivity index (χ1v) is 7.69. The fourth-order valence-electron chi connectivity index (χ4n) is 2.63. The summed E-state index contributed by atoms with van der Waals surface area (Å²) in [5, 5.41) is 12.3. The highest BCUT2D eigenvalue weighted by Crippen LogP contribution is 2.21. The van der Waals surface area contributed by atoms with Gasteiger partial charge in [-0.3, -0.25) is 15.4 Å². The highest BCUT2D eigenvalue weighted by Gasteiger charge is 2.17. The van der Waals surface area contributed by atoms with E-state index in [1.165, 1.54) is 0 Å². The molecule has 8 nitrogen and oxygen atoms in total. The van der Waals surface area contributed by atoms with Crippen LogP contribution in [0, 0.1) is 0 Å². The average molecular weight is 324 g/mol. The Labute approximate surface area is 137 Å². The number of aromatic amines is 1. The van der Waals surface area contributed by atoms with Crippen LogP contribution in [-0.2, 0) is 4.74 Å². The number of ether oxygens (including phenoxy) is 1. The lowest BCUT2D eigenvalue weighted by Gasteiger charge is -2.11. The van der Waals surface area contributed by atoms with E-state index in [1.54, 1.807) is 24.7 Å². The molecular weight excluding hydrogens is 308 g/mol. The monoisotopic (exact) mass is 324 g/mol. The zero-order valence-corrected chi connectivity index (χ0v) is 12.8. The number of amides is 2. The standard InChI is InChI=1S/C16H16N6O2/c23-16(20-12-3-4-24-9-12)22-15-2-1-13-14(21-15)5-10(6-17-13)11-7-18-19-8-11/h1-2,5-8,12H,3-4,9H2,(H,18,19)(H2,20,21,22,23). The molecule has 2 amide bonds. The van der Waals surface area contributed by atoms with Crippen molar-refractivity contribution in [2.45, 2.75) is 12.5 Å². The summed E-state index contributed by atoms with van der Waals surface area (Å²) in [5.74, 6) is 0.477. The summed E-state index contributed by atoms with van der Waals surface area (Å²) in [7, 11) is 0. The molecule has 4 rings (SSSR count). The van der Waals surface area contributed by atoms with Crippen molar-refractivity contribution in [2.24, 2.45) is 0 Å². The van der Waals surface area contributed by atoms with Crippen LogP contribution < -0.4 is 10.6 Å². The van der Waals surface area contributed by atoms with Gasteiger partial charge in [0, 0.05) is 30.1 Å². The van der Waals surface area contributed by atoms with E-state index in [0.717, 1.165) is 23.1 Å². The molecule has 1 saturated heterocycles. The Bertz CT molecular complexity index is 858. The molecular formula is C16H16N6O2. The summed E-state index contributed by atoms with van der Waals surface area (Å²) in [5.41, 5.74) is 3.31. The third-order valence-electron chi connectivity index (χ3n) is 3.88. The summed E-state index contributed by atoms with van der Waals surface area (Å²) in [6.45, 7) is 1.23. The Balaban J connectivity index is 1.54. The highest BCUT2D eigenvalue weighted by molar-refractivity contribution is 5.90. The van der Waals surface area contributed by atoms with Crippen molar-refractivity contribution in [2.75, 3.05) is 18.5 Å². The smallest absolute Gasteiger partial charge is 0.320 e. The minimum absolute atomic E-state index is 0.0554. The van der Waals surface area contributed by atoms with E-state index in [9.17, 15) is 4.79 Å². The summed E-state index contributed by atoms with van der Waals surface area (Å²) < 4.78 is 5.24. The van der Waals surface area contributed by atoms with Gasteiger partial charge in [0.15, 0.2) is 0 Å². The maximum atomic E-state index is 12.0. The zero-order chi connectivity index (χ0) is 16.4. The van der Waals surface area contributed by atoms with Gasteiger partial charge >= 0.3 is 6.03 Å². The van der Waals surface area contributed by atoms with E-state index >= 15 is 0 Å². The number of nitrogens with one attached hydrogen (secondary N) is 3. The number of aromatic nitrogens is 4. The third kappa shape index (κ3) is 3.04. The molecule has 0 bridgehead atoms. The fraction of sp³-hybridized carbons (Fsp3) is 0.250. The Hall–Kier alpha value is -3.00. The average Bonchev–Trinajstić information content (AvgIpc) is 3.27. The number of anilines is 1. The number of fused-ring (bicyclic) bond motifs is 1. The quantitative estimate of drug-likeness (QED) is 0.683. The predicted octanol–water partition coefficient (Wildman–Crippen LogP) is 1.93. The molecule has 0 aromatic carbocycles. The molecule has 24 heavy (non-hydrogen) atoms. The number of nitrogens with zero attached hydrogens (tertiary/aromatic N) is 3. The van der Waals surface area contributed by atoms with Gasteiger partial charge in [-0.1, -0.05) is 0 Å². The molecule has 8 heteroatoms. The molecule has 1 aliphatic rings. The van der Waals surface area contributed by atoms with Crippen molar-refractivity contribution in [3.05, 3.63) is 36.8 Å². The number of H-pyrrole nitrogens is 1. The first-order chi connectivity index (χ1) is 11.8. The van der Waals surface area contributed by atoms with Crippen molar-refractivity contribution in [3.8, 4) is 11.1 Å². The van der Waals surface area contributed by atoms with E-state index in [4.69, 9.17) is 4.74 Å². The van der Waals surface area contributed by atoms with E-state index in [0.29, 0.717) is 24.5 Å². The van der Waals surface area contributed by atoms with Gasteiger partial charge in [0.1, 0.15) is 5.82 Å². The van der Waals surface area contributed by atoms with Crippen LogP contribution in [0.25, 0.3) is 22.2 Å². The normalized spacial score (nSPS) is 17.1. The summed E-state index contributed by atoms with van der Waals surface area (Å²) in [4.78, 5) is 20.9. The van der Waals surface area contributed by atoms with E-state index < -0.39 is 0 Å². The molecule has 4 heterocycles. The molecule has 0 aliphatic carbocycles. The molecule has 0 spiro atoms. The van der Waals surface area contributed by atoms with Crippen molar-refractivity contribution in [1.29, 1.82) is 0 Å². The van der Waals surface area contributed by atoms with Gasteiger partial charge in [-0.05, 0) is 24.6 Å². The van der Waals surface area contributed by atoms with Crippen LogP contribution >= 0.6 is 0 Å². The molecule has 0 radical (unpaired) electrons. The Kier molecular flexibility index (Phi) is 3.80. The Morgan fingerprint density at radius 2 is 2.21 bits per heavy atom. The van der Waals surface area contributed by atoms with Crippen molar-refractivity contribution in [3.63, 3.8) is 0 Å². The second-order valence-electron chi connectivity index (χ2n) is 5.60. The minimum atomic E-state index is -0.281. The highest BCUT2D eigenvalue weighted by atomic mass is 16.5. The van der Waals surface area contributed by atoms with Crippen LogP contribution in [0.15, 0.2) is 36.8 Å². The first-order valence-electron chi connectivity index (χ1n) is 7.69. The molecule has 0 saturated carbocycles. The molecule has 1 unspecified atom stereocenters. The second kappa shape index (κ2) is 6.25. The van der Waals surface area contributed by atoms with Crippen LogP contribution in [0.5, 0.6) is 0 Å². The van der Waals surface area contributed by atoms with Crippen LogP contribution in [0.2, 0.25) is 0 Å². The second-order valence-corrected chi connectivity index (χ2v) is 5.60. The molecule has 1 aliphatic heterocycles. The Morgan fingerprint density at radius 1 is 1.25 bits per heavy atom. The van der Waals surface area contributed by atoms with Gasteiger partial charge in [-0.15, -0.1) is 0 Å². The number of carbonyl (C=O) groups is 1. The van der Waals surface area contributed by atoms with Gasteiger partial charge in [-0.25, -0.2) is 9.78 Å². The van der Waals surface area contributed by atoms with Gasteiger partial charge in [0.05, 0.1) is 29.9 Å². The molecule has 122 valence electrons. The predicted molar refractivity (Wildman–Crippen MR) is 88.5 cm³/mol. The molecule has 1 fully saturated rings. The lowest BCUT2D eigenvalue weighted by atomic mass is 10.1. The minimum Gasteiger partial charge on any atom is -0.379 e. The summed E-state index contributed by atoms with van der Waals surface area (Å²) in [6, 6.07) is 5.25. The molecule has 3 aromatic heterocycles. The van der Waals surface area contributed by atoms with E-state index in [1.807, 2.05) is 12.1 Å². The van der Waals surface area contributed by atoms with Crippen LogP contribution in [0.3, 0.4) is 0 Å². The lowest BCUT2D eigenvalue weighted by Crippen LogP contribution is -2.38. The zero-order valence-electron chi connectivity index (χ0n) is 12.8. The van der Waals surface area contributed by atoms with Crippen molar-refractivity contribution in [1.82, 2.24) is 25.5 Å². The maximum Gasteiger partial charge on any atom is 0.320 e. The number of pyridine rings is 2. The van der Waals surface area contributed by atoms with Crippen molar-refractivity contribution >= 4 is 22.9 Å². The van der Waals surface area contributed by atoms with Crippen LogP contribution in [-0.4, -0.2) is 45.5 Å². The van der Waals surface area contributed by atoms with E-state index in [-0.39, 0.29) is 12.1 Å². The number of urea groups is 1. The van der Waals surface area contributed by atoms with Gasteiger partial charge in [0.25, 0.3) is 0 Å².